The molecule has 7 N–H and O–H groups in total. The molecule has 0 aromatic heterocycles. The summed E-state index contributed by atoms with van der Waals surface area (Å²) in [7, 11) is 0. The van der Waals surface area contributed by atoms with E-state index < -0.39 is 12.0 Å². The van der Waals surface area contributed by atoms with E-state index in [0.29, 0.717) is 12.0 Å². The third kappa shape index (κ3) is 3.99. The number of ether oxygens (including phenoxy) is 1. The van der Waals surface area contributed by atoms with Crippen molar-refractivity contribution in [2.24, 2.45) is 17.2 Å². The molecule has 0 aliphatic carbocycles. The van der Waals surface area contributed by atoms with Crippen LogP contribution in [0.1, 0.15) is 11.1 Å². The zero-order chi connectivity index (χ0) is 13.5. The summed E-state index contributed by atoms with van der Waals surface area (Å²) >= 11 is 0. The van der Waals surface area contributed by atoms with Gasteiger partial charge < -0.3 is 27.0 Å². The van der Waals surface area contributed by atoms with Crippen LogP contribution in [-0.2, 0) is 22.5 Å². The zero-order valence-electron chi connectivity index (χ0n) is 10.1. The molecular formula is C12H19N3O3. The highest BCUT2D eigenvalue weighted by atomic mass is 16.5. The van der Waals surface area contributed by atoms with E-state index in [9.17, 15) is 9.90 Å². The Kier molecular flexibility index (Phi) is 5.57. The molecule has 1 aromatic rings. The first-order valence-corrected chi connectivity index (χ1v) is 5.71. The number of nitrogens with two attached hydrogens (primary N) is 3. The average Bonchev–Trinajstić information content (AvgIpc) is 2.37. The van der Waals surface area contributed by atoms with Gasteiger partial charge in [-0.3, -0.25) is 4.79 Å². The van der Waals surface area contributed by atoms with E-state index >= 15 is 0 Å². The van der Waals surface area contributed by atoms with Crippen LogP contribution in [0.4, 0.5) is 0 Å². The normalized spacial score (nSPS) is 12.2. The number of benzene rings is 1. The number of phenols is 1. The van der Waals surface area contributed by atoms with Crippen LogP contribution >= 0.6 is 0 Å². The molecule has 0 fully saturated rings. The number of phenolic OH excluding ortho intramolecular Hbond substituents is 1. The fourth-order valence-corrected chi connectivity index (χ4v) is 1.53. The minimum Gasteiger partial charge on any atom is -0.508 e. The summed E-state index contributed by atoms with van der Waals surface area (Å²) in [5.41, 5.74) is 17.9. The summed E-state index contributed by atoms with van der Waals surface area (Å²) in [6.45, 7) is 0.664. The number of aromatic hydroxyl groups is 1. The molecule has 0 radical (unpaired) electrons. The molecule has 1 unspecified atom stereocenters. The molecule has 6 nitrogen and oxygen atoms in total. The molecule has 0 amide bonds. The highest BCUT2D eigenvalue weighted by Crippen LogP contribution is 2.18. The van der Waals surface area contributed by atoms with Crippen LogP contribution in [0.5, 0.6) is 5.75 Å². The minimum atomic E-state index is -0.744. The largest absolute Gasteiger partial charge is 0.508 e. The fourth-order valence-electron chi connectivity index (χ4n) is 1.53. The quantitative estimate of drug-likeness (QED) is 0.493. The average molecular weight is 253 g/mol. The van der Waals surface area contributed by atoms with Gasteiger partial charge in [-0.25, -0.2) is 0 Å². The van der Waals surface area contributed by atoms with Gasteiger partial charge in [0, 0.05) is 18.7 Å². The third-order valence-electron chi connectivity index (χ3n) is 2.48. The first-order valence-electron chi connectivity index (χ1n) is 5.71. The van der Waals surface area contributed by atoms with Crippen molar-refractivity contribution in [3.63, 3.8) is 0 Å². The van der Waals surface area contributed by atoms with E-state index in [1.165, 1.54) is 6.07 Å². The molecule has 1 aromatic carbocycles. The van der Waals surface area contributed by atoms with Gasteiger partial charge in [-0.2, -0.15) is 0 Å². The third-order valence-corrected chi connectivity index (χ3v) is 2.48. The van der Waals surface area contributed by atoms with Crippen LogP contribution in [0, 0.1) is 0 Å². The summed E-state index contributed by atoms with van der Waals surface area (Å²) in [4.78, 5) is 11.5. The summed E-state index contributed by atoms with van der Waals surface area (Å²) in [5.74, 6) is -0.344. The molecule has 0 saturated carbocycles. The van der Waals surface area contributed by atoms with E-state index in [0.717, 1.165) is 5.56 Å². The maximum absolute atomic E-state index is 11.5. The Bertz CT molecular complexity index is 410. The Morgan fingerprint density at radius 3 is 2.72 bits per heavy atom. The van der Waals surface area contributed by atoms with Crippen molar-refractivity contribution < 1.29 is 14.6 Å². The van der Waals surface area contributed by atoms with E-state index in [-0.39, 0.29) is 25.4 Å². The Labute approximate surface area is 106 Å². The Balaban J connectivity index is 2.64. The molecule has 100 valence electrons. The summed E-state index contributed by atoms with van der Waals surface area (Å²) in [6.07, 6.45) is 0.330. The van der Waals surface area contributed by atoms with Gasteiger partial charge in [-0.05, 0) is 18.1 Å². The first-order chi connectivity index (χ1) is 8.58. The van der Waals surface area contributed by atoms with Crippen molar-refractivity contribution in [3.05, 3.63) is 29.3 Å². The van der Waals surface area contributed by atoms with Crippen LogP contribution in [0.15, 0.2) is 18.2 Å². The second-order valence-electron chi connectivity index (χ2n) is 3.93. The first kappa shape index (κ1) is 14.4. The molecule has 0 aliphatic rings. The summed E-state index contributed by atoms with van der Waals surface area (Å²) in [6, 6.07) is 4.22. The smallest absolute Gasteiger partial charge is 0.323 e. The van der Waals surface area contributed by atoms with E-state index in [1.807, 2.05) is 0 Å². The second-order valence-corrected chi connectivity index (χ2v) is 3.93. The molecular weight excluding hydrogens is 234 g/mol. The zero-order valence-corrected chi connectivity index (χ0v) is 10.1. The lowest BCUT2D eigenvalue weighted by molar-refractivity contribution is -0.144. The number of hydrogen-bond donors (Lipinski definition) is 4. The number of rotatable bonds is 6. The number of hydrogen-bond acceptors (Lipinski definition) is 6. The van der Waals surface area contributed by atoms with Crippen LogP contribution in [0.2, 0.25) is 0 Å². The maximum atomic E-state index is 11.5. The van der Waals surface area contributed by atoms with Crippen molar-refractivity contribution in [2.45, 2.75) is 19.0 Å². The Morgan fingerprint density at radius 1 is 1.39 bits per heavy atom. The molecule has 0 heterocycles. The van der Waals surface area contributed by atoms with Crippen LogP contribution < -0.4 is 17.2 Å². The van der Waals surface area contributed by atoms with Gasteiger partial charge >= 0.3 is 5.97 Å². The minimum absolute atomic E-state index is 0.139. The van der Waals surface area contributed by atoms with Gasteiger partial charge in [0.1, 0.15) is 18.4 Å². The van der Waals surface area contributed by atoms with Crippen LogP contribution in [-0.4, -0.2) is 30.3 Å². The molecule has 1 rings (SSSR count). The molecule has 0 aliphatic heterocycles. The predicted molar refractivity (Wildman–Crippen MR) is 67.7 cm³/mol. The highest BCUT2D eigenvalue weighted by molar-refractivity contribution is 5.75. The van der Waals surface area contributed by atoms with E-state index in [4.69, 9.17) is 21.9 Å². The Morgan fingerprint density at radius 2 is 2.11 bits per heavy atom. The fraction of sp³-hybridized carbons (Fsp3) is 0.417. The van der Waals surface area contributed by atoms with E-state index in [2.05, 4.69) is 0 Å². The van der Waals surface area contributed by atoms with Crippen LogP contribution in [0.3, 0.4) is 0 Å². The Hall–Kier alpha value is -1.63. The number of carbonyl (C=O) groups excluding carboxylic acids is 1. The lowest BCUT2D eigenvalue weighted by Gasteiger charge is -2.12. The molecule has 18 heavy (non-hydrogen) atoms. The van der Waals surface area contributed by atoms with Gasteiger partial charge in [0.25, 0.3) is 0 Å². The number of carbonyl (C=O) groups is 1. The van der Waals surface area contributed by atoms with Crippen molar-refractivity contribution in [1.29, 1.82) is 0 Å². The van der Waals surface area contributed by atoms with Gasteiger partial charge in [-0.1, -0.05) is 12.1 Å². The monoisotopic (exact) mass is 253 g/mol. The van der Waals surface area contributed by atoms with Crippen molar-refractivity contribution in [1.82, 2.24) is 0 Å². The molecule has 1 atom stereocenters. The topological polar surface area (TPSA) is 125 Å². The SMILES string of the molecule is NCCOC(=O)C(N)Cc1ccc(O)c(CN)c1. The lowest BCUT2D eigenvalue weighted by atomic mass is 10.0. The maximum Gasteiger partial charge on any atom is 0.323 e. The molecule has 6 heteroatoms. The van der Waals surface area contributed by atoms with Gasteiger partial charge in [0.15, 0.2) is 0 Å². The lowest BCUT2D eigenvalue weighted by Crippen LogP contribution is -2.35. The predicted octanol–water partition coefficient (Wildman–Crippen LogP) is -0.777. The number of esters is 1. The molecule has 0 saturated heterocycles. The van der Waals surface area contributed by atoms with Gasteiger partial charge in [0.2, 0.25) is 0 Å². The van der Waals surface area contributed by atoms with Crippen molar-refractivity contribution in [2.75, 3.05) is 13.2 Å². The summed E-state index contributed by atoms with van der Waals surface area (Å²) in [5, 5.41) is 9.48. The van der Waals surface area contributed by atoms with E-state index in [1.54, 1.807) is 12.1 Å². The summed E-state index contributed by atoms with van der Waals surface area (Å²) < 4.78 is 4.84. The van der Waals surface area contributed by atoms with Crippen LogP contribution in [0.25, 0.3) is 0 Å². The molecule has 0 bridgehead atoms. The van der Waals surface area contributed by atoms with Gasteiger partial charge in [-0.15, -0.1) is 0 Å². The van der Waals surface area contributed by atoms with Gasteiger partial charge in [0.05, 0.1) is 0 Å². The van der Waals surface area contributed by atoms with Crippen molar-refractivity contribution >= 4 is 5.97 Å². The highest BCUT2D eigenvalue weighted by Gasteiger charge is 2.15. The standard InChI is InChI=1S/C12H19N3O3/c13-3-4-18-12(17)10(15)6-8-1-2-11(16)9(5-8)7-14/h1-2,5,10,16H,3-4,6-7,13-15H2. The molecule has 0 spiro atoms. The van der Waals surface area contributed by atoms with Crippen molar-refractivity contribution in [3.8, 4) is 5.75 Å². The second kappa shape index (κ2) is 6.95.